The molecule has 1 unspecified atom stereocenters. The Hall–Kier alpha value is -1.03. The molecule has 0 bridgehead atoms. The average Bonchev–Trinajstić information content (AvgIpc) is 2.21. The van der Waals surface area contributed by atoms with Gasteiger partial charge in [0.2, 0.25) is 0 Å². The highest BCUT2D eigenvalue weighted by molar-refractivity contribution is 9.10. The van der Waals surface area contributed by atoms with E-state index in [1.807, 2.05) is 13.8 Å². The van der Waals surface area contributed by atoms with Crippen molar-refractivity contribution in [3.63, 3.8) is 0 Å². The number of benzene rings is 1. The Balaban J connectivity index is 2.78. The van der Waals surface area contributed by atoms with E-state index in [0.717, 1.165) is 6.42 Å². The molecule has 1 aromatic rings. The summed E-state index contributed by atoms with van der Waals surface area (Å²) in [5, 5.41) is 0. The molecule has 0 fully saturated rings. The molecule has 0 saturated carbocycles. The minimum Gasteiger partial charge on any atom is -0.459 e. The third-order valence-corrected chi connectivity index (χ3v) is 2.81. The Kier molecular flexibility index (Phi) is 4.15. The van der Waals surface area contributed by atoms with Gasteiger partial charge in [-0.2, -0.15) is 0 Å². The summed E-state index contributed by atoms with van der Waals surface area (Å²) in [4.78, 5) is 11.6. The molecule has 0 aliphatic heterocycles. The second kappa shape index (κ2) is 5.16. The molecule has 0 radical (unpaired) electrons. The van der Waals surface area contributed by atoms with E-state index in [2.05, 4.69) is 15.9 Å². The van der Waals surface area contributed by atoms with E-state index >= 15 is 0 Å². The molecule has 82 valence electrons. The van der Waals surface area contributed by atoms with E-state index in [1.54, 1.807) is 18.2 Å². The zero-order valence-electron chi connectivity index (χ0n) is 8.79. The molecular formula is C11H14BrNO2. The predicted molar refractivity (Wildman–Crippen MR) is 63.7 cm³/mol. The highest BCUT2D eigenvalue weighted by atomic mass is 79.9. The van der Waals surface area contributed by atoms with Crippen molar-refractivity contribution in [2.75, 3.05) is 5.73 Å². The van der Waals surface area contributed by atoms with Crippen LogP contribution in [0.4, 0.5) is 5.69 Å². The minimum absolute atomic E-state index is 0.0613. The summed E-state index contributed by atoms with van der Waals surface area (Å²) < 4.78 is 5.89. The lowest BCUT2D eigenvalue weighted by Crippen LogP contribution is -2.14. The number of nitrogens with two attached hydrogens (primary N) is 1. The van der Waals surface area contributed by atoms with Gasteiger partial charge in [0.15, 0.2) is 0 Å². The van der Waals surface area contributed by atoms with Crippen molar-refractivity contribution in [2.45, 2.75) is 26.4 Å². The van der Waals surface area contributed by atoms with Gasteiger partial charge in [-0.1, -0.05) is 6.92 Å². The molecule has 4 heteroatoms. The summed E-state index contributed by atoms with van der Waals surface area (Å²) in [6, 6.07) is 5.00. The summed E-state index contributed by atoms with van der Waals surface area (Å²) in [7, 11) is 0. The van der Waals surface area contributed by atoms with Crippen LogP contribution in [-0.2, 0) is 4.74 Å². The van der Waals surface area contributed by atoms with Gasteiger partial charge in [-0.3, -0.25) is 0 Å². The molecule has 0 aromatic heterocycles. The van der Waals surface area contributed by atoms with Crippen molar-refractivity contribution in [1.29, 1.82) is 0 Å². The number of anilines is 1. The van der Waals surface area contributed by atoms with Gasteiger partial charge >= 0.3 is 5.97 Å². The maximum Gasteiger partial charge on any atom is 0.338 e. The molecule has 0 aliphatic carbocycles. The third kappa shape index (κ3) is 3.23. The fraction of sp³-hybridized carbons (Fsp3) is 0.364. The van der Waals surface area contributed by atoms with Crippen LogP contribution in [-0.4, -0.2) is 12.1 Å². The molecule has 1 aromatic carbocycles. The van der Waals surface area contributed by atoms with E-state index < -0.39 is 0 Å². The quantitative estimate of drug-likeness (QED) is 0.679. The van der Waals surface area contributed by atoms with E-state index in [0.29, 0.717) is 15.7 Å². The van der Waals surface area contributed by atoms with Crippen LogP contribution in [0.5, 0.6) is 0 Å². The van der Waals surface area contributed by atoms with Crippen LogP contribution in [0.1, 0.15) is 30.6 Å². The Morgan fingerprint density at radius 3 is 2.80 bits per heavy atom. The molecule has 0 amide bonds. The van der Waals surface area contributed by atoms with E-state index in [4.69, 9.17) is 10.5 Å². The van der Waals surface area contributed by atoms with Crippen molar-refractivity contribution in [3.8, 4) is 0 Å². The minimum atomic E-state index is -0.315. The second-order valence-electron chi connectivity index (χ2n) is 3.36. The lowest BCUT2D eigenvalue weighted by molar-refractivity contribution is 0.0334. The summed E-state index contributed by atoms with van der Waals surface area (Å²) in [5.41, 5.74) is 6.73. The third-order valence-electron chi connectivity index (χ3n) is 2.12. The molecule has 2 N–H and O–H groups in total. The van der Waals surface area contributed by atoms with E-state index in [-0.39, 0.29) is 12.1 Å². The van der Waals surface area contributed by atoms with Gasteiger partial charge in [0.1, 0.15) is 0 Å². The molecule has 0 aliphatic rings. The SMILES string of the molecule is CCC(C)OC(=O)c1ccc(N)c(Br)c1. The van der Waals surface area contributed by atoms with Crippen molar-refractivity contribution in [1.82, 2.24) is 0 Å². The Labute approximate surface area is 97.7 Å². The highest BCUT2D eigenvalue weighted by Gasteiger charge is 2.11. The molecule has 0 spiro atoms. The van der Waals surface area contributed by atoms with Crippen LogP contribution in [0.15, 0.2) is 22.7 Å². The highest BCUT2D eigenvalue weighted by Crippen LogP contribution is 2.21. The van der Waals surface area contributed by atoms with Gasteiger partial charge in [0, 0.05) is 10.2 Å². The fourth-order valence-corrected chi connectivity index (χ4v) is 1.37. The van der Waals surface area contributed by atoms with Crippen molar-refractivity contribution >= 4 is 27.6 Å². The van der Waals surface area contributed by atoms with Crippen LogP contribution >= 0.6 is 15.9 Å². The van der Waals surface area contributed by atoms with Gasteiger partial charge in [0.05, 0.1) is 11.7 Å². The number of carbonyl (C=O) groups excluding carboxylic acids is 1. The normalized spacial score (nSPS) is 12.2. The summed E-state index contributed by atoms with van der Waals surface area (Å²) in [5.74, 6) is -0.315. The molecule has 3 nitrogen and oxygen atoms in total. The first kappa shape index (κ1) is 12.0. The smallest absolute Gasteiger partial charge is 0.338 e. The van der Waals surface area contributed by atoms with E-state index in [1.165, 1.54) is 0 Å². The van der Waals surface area contributed by atoms with Gasteiger partial charge in [-0.15, -0.1) is 0 Å². The van der Waals surface area contributed by atoms with Crippen LogP contribution in [0.25, 0.3) is 0 Å². The maximum absolute atomic E-state index is 11.6. The monoisotopic (exact) mass is 271 g/mol. The summed E-state index contributed by atoms with van der Waals surface area (Å²) in [6.07, 6.45) is 0.746. The molecule has 0 saturated heterocycles. The first-order valence-electron chi connectivity index (χ1n) is 4.80. The number of esters is 1. The Morgan fingerprint density at radius 2 is 2.27 bits per heavy atom. The Morgan fingerprint density at radius 1 is 1.60 bits per heavy atom. The van der Waals surface area contributed by atoms with Gasteiger partial charge < -0.3 is 10.5 Å². The van der Waals surface area contributed by atoms with Gasteiger partial charge in [-0.05, 0) is 47.5 Å². The van der Waals surface area contributed by atoms with Gasteiger partial charge in [-0.25, -0.2) is 4.79 Å². The number of ether oxygens (including phenoxy) is 1. The Bertz CT molecular complexity index is 366. The van der Waals surface area contributed by atoms with Crippen LogP contribution < -0.4 is 5.73 Å². The molecular weight excluding hydrogens is 258 g/mol. The number of rotatable bonds is 3. The van der Waals surface area contributed by atoms with Crippen LogP contribution in [0.3, 0.4) is 0 Å². The first-order chi connectivity index (χ1) is 7.04. The number of hydrogen-bond donors (Lipinski definition) is 1. The van der Waals surface area contributed by atoms with Crippen LogP contribution in [0.2, 0.25) is 0 Å². The standard InChI is InChI=1S/C11H14BrNO2/c1-3-7(2)15-11(14)8-4-5-10(13)9(12)6-8/h4-7H,3,13H2,1-2H3. The van der Waals surface area contributed by atoms with Crippen molar-refractivity contribution < 1.29 is 9.53 Å². The number of carbonyl (C=O) groups is 1. The maximum atomic E-state index is 11.6. The largest absolute Gasteiger partial charge is 0.459 e. The first-order valence-corrected chi connectivity index (χ1v) is 5.60. The van der Waals surface area contributed by atoms with Crippen molar-refractivity contribution in [3.05, 3.63) is 28.2 Å². The number of halogens is 1. The van der Waals surface area contributed by atoms with Gasteiger partial charge in [0.25, 0.3) is 0 Å². The summed E-state index contributed by atoms with van der Waals surface area (Å²) >= 11 is 3.26. The zero-order valence-corrected chi connectivity index (χ0v) is 10.4. The van der Waals surface area contributed by atoms with E-state index in [9.17, 15) is 4.79 Å². The van der Waals surface area contributed by atoms with Crippen LogP contribution in [0, 0.1) is 0 Å². The average molecular weight is 272 g/mol. The fourth-order valence-electron chi connectivity index (χ4n) is 0.988. The number of hydrogen-bond acceptors (Lipinski definition) is 3. The topological polar surface area (TPSA) is 52.3 Å². The zero-order chi connectivity index (χ0) is 11.4. The summed E-state index contributed by atoms with van der Waals surface area (Å²) in [6.45, 7) is 3.83. The molecule has 1 rings (SSSR count). The molecule has 0 heterocycles. The lowest BCUT2D eigenvalue weighted by atomic mass is 10.2. The lowest BCUT2D eigenvalue weighted by Gasteiger charge is -2.11. The predicted octanol–water partition coefficient (Wildman–Crippen LogP) is 2.99. The van der Waals surface area contributed by atoms with Crippen molar-refractivity contribution in [2.24, 2.45) is 0 Å². The molecule has 15 heavy (non-hydrogen) atoms. The second-order valence-corrected chi connectivity index (χ2v) is 4.21. The number of nitrogen functional groups attached to an aromatic ring is 1. The molecule has 1 atom stereocenters.